The molecule has 0 saturated heterocycles. The zero-order valence-corrected chi connectivity index (χ0v) is 19.5. The summed E-state index contributed by atoms with van der Waals surface area (Å²) in [6.45, 7) is 6.34. The number of anilines is 1. The number of imidazole rings is 1. The van der Waals surface area contributed by atoms with Crippen LogP contribution in [0.2, 0.25) is 0 Å². The predicted molar refractivity (Wildman–Crippen MR) is 131 cm³/mol. The maximum atomic E-state index is 14.8. The number of pyridine rings is 1. The quantitative estimate of drug-likeness (QED) is 0.211. The minimum absolute atomic E-state index is 0. The van der Waals surface area contributed by atoms with E-state index in [2.05, 4.69) is 20.4 Å². The van der Waals surface area contributed by atoms with Gasteiger partial charge in [-0.15, -0.1) is 0 Å². The van der Waals surface area contributed by atoms with Crippen molar-refractivity contribution in [2.75, 3.05) is 11.9 Å². The number of hydrazine groups is 1. The third kappa shape index (κ3) is 5.07. The average Bonchev–Trinajstić information content (AvgIpc) is 3.51. The minimum atomic E-state index is -0.621. The van der Waals surface area contributed by atoms with E-state index in [0.29, 0.717) is 29.4 Å². The first-order valence-electron chi connectivity index (χ1n) is 11.2. The van der Waals surface area contributed by atoms with E-state index in [1.165, 1.54) is 17.1 Å². The lowest BCUT2D eigenvalue weighted by Gasteiger charge is -2.21. The van der Waals surface area contributed by atoms with Crippen molar-refractivity contribution in [1.29, 1.82) is 0 Å². The van der Waals surface area contributed by atoms with Crippen LogP contribution in [-0.4, -0.2) is 37.8 Å². The number of nitrogens with zero attached hydrogens (tertiary/aromatic N) is 5. The van der Waals surface area contributed by atoms with Crippen LogP contribution in [-0.2, 0) is 0 Å². The van der Waals surface area contributed by atoms with Gasteiger partial charge in [0.2, 0.25) is 0 Å². The van der Waals surface area contributed by atoms with Gasteiger partial charge >= 0.3 is 0 Å². The molecule has 0 atom stereocenters. The number of halogens is 1. The van der Waals surface area contributed by atoms with Crippen LogP contribution in [0.5, 0.6) is 0 Å². The molecule has 34 heavy (non-hydrogen) atoms. The van der Waals surface area contributed by atoms with Crippen LogP contribution >= 0.6 is 0 Å². The lowest BCUT2D eigenvalue weighted by molar-refractivity contribution is 0.102. The van der Waals surface area contributed by atoms with Crippen LogP contribution in [0.1, 0.15) is 61.3 Å². The van der Waals surface area contributed by atoms with Crippen molar-refractivity contribution >= 4 is 17.6 Å². The van der Waals surface area contributed by atoms with E-state index in [-0.39, 0.29) is 24.6 Å². The highest BCUT2D eigenvalue weighted by atomic mass is 19.1. The summed E-state index contributed by atoms with van der Waals surface area (Å²) in [5, 5.41) is 7.82. The van der Waals surface area contributed by atoms with Gasteiger partial charge in [0.15, 0.2) is 5.84 Å². The molecule has 180 valence electrons. The van der Waals surface area contributed by atoms with Crippen LogP contribution in [0.15, 0.2) is 48.0 Å². The van der Waals surface area contributed by atoms with Crippen molar-refractivity contribution in [2.45, 2.75) is 39.5 Å². The Balaban J connectivity index is 0.00000342. The van der Waals surface area contributed by atoms with Gasteiger partial charge in [-0.05, 0) is 55.5 Å². The number of amidine groups is 1. The van der Waals surface area contributed by atoms with Crippen molar-refractivity contribution in [1.82, 2.24) is 19.5 Å². The van der Waals surface area contributed by atoms with Gasteiger partial charge < -0.3 is 15.7 Å². The Hall–Kier alpha value is -3.79. The van der Waals surface area contributed by atoms with Gasteiger partial charge in [-0.1, -0.05) is 19.9 Å². The molecule has 10 heteroatoms. The molecule has 0 aliphatic heterocycles. The number of aryl methyl sites for hydroxylation is 1. The summed E-state index contributed by atoms with van der Waals surface area (Å²) in [4.78, 5) is 21.8. The first-order valence-corrected chi connectivity index (χ1v) is 11.2. The highest BCUT2D eigenvalue weighted by Gasteiger charge is 2.26. The molecule has 2 aromatic heterocycles. The number of nitrogens with one attached hydrogen (secondary N) is 1. The van der Waals surface area contributed by atoms with Gasteiger partial charge in [-0.25, -0.2) is 20.2 Å². The van der Waals surface area contributed by atoms with Crippen LogP contribution in [0.4, 0.5) is 10.2 Å². The lowest BCUT2D eigenvalue weighted by atomic mass is 10.1. The monoisotopic (exact) mass is 466 g/mol. The van der Waals surface area contributed by atoms with Crippen molar-refractivity contribution in [2.24, 2.45) is 22.7 Å². The van der Waals surface area contributed by atoms with Crippen molar-refractivity contribution < 1.29 is 10.6 Å². The van der Waals surface area contributed by atoms with E-state index in [0.717, 1.165) is 18.5 Å². The maximum Gasteiger partial charge on any atom is 0.259 e. The summed E-state index contributed by atoms with van der Waals surface area (Å²) in [5.41, 5.74) is 2.70. The smallest absolute Gasteiger partial charge is 0.259 e. The van der Waals surface area contributed by atoms with Crippen LogP contribution in [0, 0.1) is 18.7 Å². The molecule has 1 aliphatic rings. The third-order valence-corrected chi connectivity index (χ3v) is 5.58. The number of rotatable bonds is 7. The minimum Gasteiger partial charge on any atom is -0.321 e. The van der Waals surface area contributed by atoms with Crippen LogP contribution in [0.3, 0.4) is 0 Å². The van der Waals surface area contributed by atoms with Crippen LogP contribution < -0.4 is 17.0 Å². The Morgan fingerprint density at radius 2 is 2.15 bits per heavy atom. The molecule has 1 aromatic carbocycles. The molecule has 0 bridgehead atoms. The molecule has 2 heterocycles. The zero-order valence-electron chi connectivity index (χ0n) is 19.5. The Kier molecular flexibility index (Phi) is 6.60. The molecule has 3 aromatic rings. The van der Waals surface area contributed by atoms with Gasteiger partial charge in [0.25, 0.3) is 5.91 Å². The van der Waals surface area contributed by atoms with Crippen LogP contribution in [0.25, 0.3) is 5.69 Å². The Morgan fingerprint density at radius 3 is 2.82 bits per heavy atom. The number of hydrogen-bond acceptors (Lipinski definition) is 6. The number of carbonyl (C=O) groups is 1. The number of hydrogen-bond donors (Lipinski definition) is 3. The fourth-order valence-electron chi connectivity index (χ4n) is 3.75. The molecule has 0 spiro atoms. The third-order valence-electron chi connectivity index (χ3n) is 5.58. The fourth-order valence-corrected chi connectivity index (χ4v) is 3.75. The molecule has 1 aliphatic carbocycles. The second-order valence-corrected chi connectivity index (χ2v) is 8.96. The van der Waals surface area contributed by atoms with Crippen molar-refractivity contribution in [3.05, 3.63) is 71.2 Å². The van der Waals surface area contributed by atoms with E-state index in [1.807, 2.05) is 24.6 Å². The number of amides is 1. The molecule has 1 saturated carbocycles. The second-order valence-electron chi connectivity index (χ2n) is 8.96. The molecule has 0 unspecified atom stereocenters. The highest BCUT2D eigenvalue weighted by molar-refractivity contribution is 6.05. The molecule has 9 nitrogen and oxygen atoms in total. The number of nitrogens with two attached hydrogens (primary N) is 2. The highest BCUT2D eigenvalue weighted by Crippen LogP contribution is 2.39. The molecular formula is C24H31FN8O. The second kappa shape index (κ2) is 9.60. The van der Waals surface area contributed by atoms with Gasteiger partial charge in [0.05, 0.1) is 23.3 Å². The first kappa shape index (κ1) is 23.4. The van der Waals surface area contributed by atoms with E-state index < -0.39 is 11.7 Å². The van der Waals surface area contributed by atoms with Gasteiger partial charge in [-0.3, -0.25) is 9.80 Å². The van der Waals surface area contributed by atoms with Gasteiger partial charge in [0, 0.05) is 20.1 Å². The van der Waals surface area contributed by atoms with E-state index >= 15 is 0 Å². The number of aromatic nitrogens is 3. The van der Waals surface area contributed by atoms with Gasteiger partial charge in [-0.2, -0.15) is 5.10 Å². The van der Waals surface area contributed by atoms with Gasteiger partial charge in [0.1, 0.15) is 17.3 Å². The Morgan fingerprint density at radius 1 is 1.38 bits per heavy atom. The molecular weight excluding hydrogens is 435 g/mol. The first-order chi connectivity index (χ1) is 16.3. The molecule has 0 radical (unpaired) electrons. The van der Waals surface area contributed by atoms with Crippen molar-refractivity contribution in [3.8, 4) is 5.69 Å². The number of benzene rings is 1. The SMILES string of the molecule is Cc1cc(F)c(C(=O)Nc2cccc(/C(=N/N)N(N)CC(C)C)n2)cc1-n1cnc(C2CC2)c1.[HH]. The largest absolute Gasteiger partial charge is 0.321 e. The number of carbonyl (C=O) groups excluding carboxylic acids is 1. The molecule has 4 rings (SSSR count). The topological polar surface area (TPSA) is 127 Å². The standard InChI is InChI=1S/C24H29FN8O.H2/c1-14(2)11-33(27)23(31-26)19-5-4-6-22(29-19)30-24(34)17-10-21(15(3)9-18(17)25)32-12-20(28-13-32)16-7-8-16;/h4-6,9-10,12-14,16H,7-8,11,26-27H2,1-3H3,(H,29,30,34);1H/b31-23-;. The zero-order chi connectivity index (χ0) is 24.4. The Labute approximate surface area is 199 Å². The van der Waals surface area contributed by atoms with E-state index in [9.17, 15) is 9.18 Å². The predicted octanol–water partition coefficient (Wildman–Crippen LogP) is 3.54. The summed E-state index contributed by atoms with van der Waals surface area (Å²) in [5.74, 6) is 11.6. The fraction of sp³-hybridized carbons (Fsp3) is 0.333. The van der Waals surface area contributed by atoms with E-state index in [1.54, 1.807) is 31.5 Å². The molecule has 1 amide bonds. The van der Waals surface area contributed by atoms with E-state index in [4.69, 9.17) is 11.7 Å². The lowest BCUT2D eigenvalue weighted by Crippen LogP contribution is -2.41. The number of hydrazone groups is 1. The maximum absolute atomic E-state index is 14.8. The summed E-state index contributed by atoms with van der Waals surface area (Å²) in [6.07, 6.45) is 5.91. The summed E-state index contributed by atoms with van der Waals surface area (Å²) in [6, 6.07) is 7.85. The average molecular weight is 467 g/mol. The summed E-state index contributed by atoms with van der Waals surface area (Å²) >= 11 is 0. The normalized spacial score (nSPS) is 13.9. The van der Waals surface area contributed by atoms with Crippen molar-refractivity contribution in [3.63, 3.8) is 0 Å². The molecule has 1 fully saturated rings. The summed E-state index contributed by atoms with van der Waals surface area (Å²) in [7, 11) is 0. The molecule has 5 N–H and O–H groups in total. The summed E-state index contributed by atoms with van der Waals surface area (Å²) < 4.78 is 16.6. The Bertz CT molecular complexity index is 1240.